The first-order valence-corrected chi connectivity index (χ1v) is 6.36. The molecule has 1 saturated carbocycles. The summed E-state index contributed by atoms with van der Waals surface area (Å²) >= 11 is 0. The summed E-state index contributed by atoms with van der Waals surface area (Å²) in [5.74, 6) is 0.142. The maximum atomic E-state index is 11.6. The molecular formula is C14H17N3O. The lowest BCUT2D eigenvalue weighted by Gasteiger charge is -2.06. The fourth-order valence-corrected chi connectivity index (χ4v) is 2.15. The Morgan fingerprint density at radius 1 is 1.39 bits per heavy atom. The molecular weight excluding hydrogens is 226 g/mol. The highest BCUT2D eigenvalue weighted by molar-refractivity contribution is 5.83. The fraction of sp³-hybridized carbons (Fsp3) is 0.357. The number of carbonyl (C=O) groups is 1. The number of hydrogen-bond acceptors (Lipinski definition) is 2. The van der Waals surface area contributed by atoms with E-state index >= 15 is 0 Å². The minimum atomic E-state index is 0.142. The van der Waals surface area contributed by atoms with Gasteiger partial charge < -0.3 is 15.6 Å². The highest BCUT2D eigenvalue weighted by Gasteiger charge is 2.22. The molecule has 1 heterocycles. The summed E-state index contributed by atoms with van der Waals surface area (Å²) in [5.41, 5.74) is 7.64. The van der Waals surface area contributed by atoms with Crippen LogP contribution in [-0.4, -0.2) is 16.5 Å². The third-order valence-corrected chi connectivity index (χ3v) is 3.32. The molecule has 0 atom stereocenters. The average Bonchev–Trinajstić information content (AvgIpc) is 3.06. The third kappa shape index (κ3) is 2.32. The highest BCUT2D eigenvalue weighted by atomic mass is 16.1. The van der Waals surface area contributed by atoms with Crippen molar-refractivity contribution in [2.45, 2.75) is 31.8 Å². The molecule has 0 unspecified atom stereocenters. The lowest BCUT2D eigenvalue weighted by Crippen LogP contribution is -2.26. The van der Waals surface area contributed by atoms with E-state index in [1.807, 2.05) is 30.5 Å². The van der Waals surface area contributed by atoms with E-state index in [2.05, 4.69) is 9.88 Å². The van der Waals surface area contributed by atoms with Gasteiger partial charge in [-0.25, -0.2) is 0 Å². The van der Waals surface area contributed by atoms with Gasteiger partial charge in [0.2, 0.25) is 5.91 Å². The zero-order chi connectivity index (χ0) is 12.5. The van der Waals surface area contributed by atoms with Crippen molar-refractivity contribution < 1.29 is 4.79 Å². The Bertz CT molecular complexity index is 584. The summed E-state index contributed by atoms with van der Waals surface area (Å²) in [7, 11) is 0. The fourth-order valence-electron chi connectivity index (χ4n) is 2.15. The van der Waals surface area contributed by atoms with Gasteiger partial charge in [-0.3, -0.25) is 4.79 Å². The molecule has 3 rings (SSSR count). The Labute approximate surface area is 106 Å². The molecule has 0 bridgehead atoms. The van der Waals surface area contributed by atoms with Crippen LogP contribution in [0.5, 0.6) is 0 Å². The first-order valence-electron chi connectivity index (χ1n) is 6.36. The second kappa shape index (κ2) is 4.37. The summed E-state index contributed by atoms with van der Waals surface area (Å²) in [6, 6.07) is 8.34. The van der Waals surface area contributed by atoms with E-state index in [1.54, 1.807) is 0 Å². The number of anilines is 1. The number of aromatic nitrogens is 1. The standard InChI is InChI=1S/C14H17N3O/c15-11-2-1-10-5-7-17(13(10)9-11)8-6-14(18)16-12-3-4-12/h1-2,5,7,9,12H,3-4,6,8,15H2,(H,16,18). The van der Waals surface area contributed by atoms with Crippen molar-refractivity contribution >= 4 is 22.5 Å². The zero-order valence-electron chi connectivity index (χ0n) is 10.2. The van der Waals surface area contributed by atoms with Crippen LogP contribution in [0.15, 0.2) is 30.5 Å². The molecule has 1 aliphatic rings. The lowest BCUT2D eigenvalue weighted by molar-refractivity contribution is -0.121. The minimum absolute atomic E-state index is 0.142. The van der Waals surface area contributed by atoms with Gasteiger partial charge in [-0.1, -0.05) is 6.07 Å². The summed E-state index contributed by atoms with van der Waals surface area (Å²) in [6.07, 6.45) is 4.80. The number of hydrogen-bond donors (Lipinski definition) is 2. The number of nitrogens with one attached hydrogen (secondary N) is 1. The van der Waals surface area contributed by atoms with E-state index in [0.29, 0.717) is 19.0 Å². The van der Waals surface area contributed by atoms with Gasteiger partial charge >= 0.3 is 0 Å². The summed E-state index contributed by atoms with van der Waals surface area (Å²) in [6.45, 7) is 0.700. The smallest absolute Gasteiger partial charge is 0.222 e. The van der Waals surface area contributed by atoms with Gasteiger partial charge in [-0.2, -0.15) is 0 Å². The van der Waals surface area contributed by atoms with E-state index in [9.17, 15) is 4.79 Å². The topological polar surface area (TPSA) is 60.0 Å². The van der Waals surface area contributed by atoms with E-state index in [0.717, 1.165) is 29.4 Å². The number of fused-ring (bicyclic) bond motifs is 1. The average molecular weight is 243 g/mol. The van der Waals surface area contributed by atoms with Crippen LogP contribution in [0.25, 0.3) is 10.9 Å². The number of nitrogens with two attached hydrogens (primary N) is 1. The van der Waals surface area contributed by atoms with Crippen LogP contribution < -0.4 is 11.1 Å². The number of benzene rings is 1. The first-order chi connectivity index (χ1) is 8.72. The number of aryl methyl sites for hydroxylation is 1. The Balaban J connectivity index is 1.69. The molecule has 4 heteroatoms. The Hall–Kier alpha value is -1.97. The minimum Gasteiger partial charge on any atom is -0.399 e. The number of amides is 1. The zero-order valence-corrected chi connectivity index (χ0v) is 10.2. The predicted octanol–water partition coefficient (Wildman–Crippen LogP) is 1.89. The summed E-state index contributed by atoms with van der Waals surface area (Å²) in [4.78, 5) is 11.6. The predicted molar refractivity (Wildman–Crippen MR) is 72.1 cm³/mol. The van der Waals surface area contributed by atoms with Crippen molar-refractivity contribution in [1.29, 1.82) is 0 Å². The van der Waals surface area contributed by atoms with E-state index in [-0.39, 0.29) is 5.91 Å². The van der Waals surface area contributed by atoms with Crippen molar-refractivity contribution in [3.8, 4) is 0 Å². The number of rotatable bonds is 4. The van der Waals surface area contributed by atoms with Crippen LogP contribution in [0, 0.1) is 0 Å². The molecule has 94 valence electrons. The van der Waals surface area contributed by atoms with Crippen LogP contribution in [-0.2, 0) is 11.3 Å². The monoisotopic (exact) mass is 243 g/mol. The largest absolute Gasteiger partial charge is 0.399 e. The van der Waals surface area contributed by atoms with Gasteiger partial charge in [-0.15, -0.1) is 0 Å². The van der Waals surface area contributed by atoms with E-state index in [1.165, 1.54) is 0 Å². The molecule has 4 nitrogen and oxygen atoms in total. The molecule has 1 aliphatic carbocycles. The van der Waals surface area contributed by atoms with Crippen molar-refractivity contribution in [1.82, 2.24) is 9.88 Å². The van der Waals surface area contributed by atoms with Crippen LogP contribution in [0.2, 0.25) is 0 Å². The third-order valence-electron chi connectivity index (χ3n) is 3.32. The van der Waals surface area contributed by atoms with Crippen molar-refractivity contribution in [2.24, 2.45) is 0 Å². The molecule has 0 aliphatic heterocycles. The Morgan fingerprint density at radius 2 is 2.22 bits per heavy atom. The van der Waals surface area contributed by atoms with Gasteiger partial charge in [0.25, 0.3) is 0 Å². The summed E-state index contributed by atoms with van der Waals surface area (Å²) < 4.78 is 2.08. The molecule has 0 radical (unpaired) electrons. The molecule has 0 spiro atoms. The van der Waals surface area contributed by atoms with Crippen LogP contribution in [0.4, 0.5) is 5.69 Å². The Morgan fingerprint density at radius 3 is 3.00 bits per heavy atom. The molecule has 1 aromatic carbocycles. The Kier molecular flexibility index (Phi) is 2.70. The van der Waals surface area contributed by atoms with Gasteiger partial charge in [-0.05, 0) is 36.4 Å². The highest BCUT2D eigenvalue weighted by Crippen LogP contribution is 2.20. The normalized spacial score (nSPS) is 14.9. The maximum absolute atomic E-state index is 11.6. The second-order valence-electron chi connectivity index (χ2n) is 4.92. The van der Waals surface area contributed by atoms with Gasteiger partial charge in [0.05, 0.1) is 5.52 Å². The van der Waals surface area contributed by atoms with Gasteiger partial charge in [0, 0.05) is 30.9 Å². The maximum Gasteiger partial charge on any atom is 0.222 e. The lowest BCUT2D eigenvalue weighted by atomic mass is 10.2. The molecule has 0 saturated heterocycles. The molecule has 2 aromatic rings. The van der Waals surface area contributed by atoms with Crippen molar-refractivity contribution in [3.05, 3.63) is 30.5 Å². The van der Waals surface area contributed by atoms with Crippen molar-refractivity contribution in [2.75, 3.05) is 5.73 Å². The van der Waals surface area contributed by atoms with E-state index in [4.69, 9.17) is 5.73 Å². The first kappa shape index (κ1) is 11.1. The number of carbonyl (C=O) groups excluding carboxylic acids is 1. The number of nitrogen functional groups attached to an aromatic ring is 1. The van der Waals surface area contributed by atoms with Crippen LogP contribution in [0.1, 0.15) is 19.3 Å². The van der Waals surface area contributed by atoms with Crippen LogP contribution >= 0.6 is 0 Å². The summed E-state index contributed by atoms with van der Waals surface area (Å²) in [5, 5.41) is 4.16. The molecule has 1 aromatic heterocycles. The van der Waals surface area contributed by atoms with E-state index < -0.39 is 0 Å². The number of nitrogens with zero attached hydrogens (tertiary/aromatic N) is 1. The SMILES string of the molecule is Nc1ccc2ccn(CCC(=O)NC3CC3)c2c1. The molecule has 18 heavy (non-hydrogen) atoms. The molecule has 1 fully saturated rings. The molecule has 3 N–H and O–H groups in total. The van der Waals surface area contributed by atoms with Gasteiger partial charge in [0.15, 0.2) is 0 Å². The molecule has 1 amide bonds. The quantitative estimate of drug-likeness (QED) is 0.806. The second-order valence-corrected chi connectivity index (χ2v) is 4.92. The van der Waals surface area contributed by atoms with Gasteiger partial charge in [0.1, 0.15) is 0 Å². The van der Waals surface area contributed by atoms with Crippen molar-refractivity contribution in [3.63, 3.8) is 0 Å². The van der Waals surface area contributed by atoms with Crippen LogP contribution in [0.3, 0.4) is 0 Å².